The molecule has 0 unspecified atom stereocenters. The third-order valence-electron chi connectivity index (χ3n) is 2.16. The second-order valence-corrected chi connectivity index (χ2v) is 4.30. The van der Waals surface area contributed by atoms with Crippen LogP contribution in [0.15, 0.2) is 41.0 Å². The number of nitrogens with one attached hydrogen (secondary N) is 1. The van der Waals surface area contributed by atoms with Crippen LogP contribution in [0.4, 0.5) is 4.39 Å². The van der Waals surface area contributed by atoms with Crippen LogP contribution in [0.25, 0.3) is 0 Å². The lowest BCUT2D eigenvalue weighted by atomic mass is 10.2. The van der Waals surface area contributed by atoms with E-state index < -0.39 is 0 Å². The Balaban J connectivity index is 2.37. The zero-order valence-corrected chi connectivity index (χ0v) is 10.7. The van der Waals surface area contributed by atoms with E-state index in [1.165, 1.54) is 24.4 Å². The highest BCUT2D eigenvalue weighted by atomic mass is 79.9. The first-order valence-corrected chi connectivity index (χ1v) is 5.79. The lowest BCUT2D eigenvalue weighted by Gasteiger charge is -2.09. The molecule has 0 bridgehead atoms. The summed E-state index contributed by atoms with van der Waals surface area (Å²) in [5.74, 6) is 0.0910. The third-order valence-corrected chi connectivity index (χ3v) is 2.78. The highest BCUT2D eigenvalue weighted by Gasteiger charge is 2.10. The number of amidine groups is 1. The average Bonchev–Trinajstić information content (AvgIpc) is 2.33. The Kier molecular flexibility index (Phi) is 3.57. The Morgan fingerprint density at radius 1 is 1.39 bits per heavy atom. The minimum atomic E-state index is -0.373. The van der Waals surface area contributed by atoms with Crippen LogP contribution >= 0.6 is 15.9 Å². The molecule has 0 aliphatic carbocycles. The number of nitrogens with two attached hydrogens (primary N) is 1. The van der Waals surface area contributed by atoms with Crippen molar-refractivity contribution in [2.24, 2.45) is 5.73 Å². The van der Waals surface area contributed by atoms with Crippen molar-refractivity contribution in [3.8, 4) is 11.6 Å². The summed E-state index contributed by atoms with van der Waals surface area (Å²) in [5.41, 5.74) is 5.81. The summed E-state index contributed by atoms with van der Waals surface area (Å²) in [6.07, 6.45) is 1.53. The summed E-state index contributed by atoms with van der Waals surface area (Å²) >= 11 is 3.19. The smallest absolute Gasteiger partial charge is 0.230 e. The molecule has 0 amide bonds. The maximum Gasteiger partial charge on any atom is 0.230 e. The number of pyridine rings is 1. The first kappa shape index (κ1) is 12.5. The van der Waals surface area contributed by atoms with Crippen LogP contribution < -0.4 is 10.5 Å². The number of benzene rings is 1. The molecule has 0 saturated heterocycles. The SMILES string of the molecule is N=C(N)c1cccnc1Oc1ccc(F)cc1Br. The van der Waals surface area contributed by atoms with Crippen molar-refractivity contribution in [2.75, 3.05) is 0 Å². The summed E-state index contributed by atoms with van der Waals surface area (Å²) in [6.45, 7) is 0. The molecular weight excluding hydrogens is 301 g/mol. The maximum atomic E-state index is 12.9. The van der Waals surface area contributed by atoms with Crippen LogP contribution in [0.1, 0.15) is 5.56 Å². The van der Waals surface area contributed by atoms with Gasteiger partial charge in [0.15, 0.2) is 0 Å². The van der Waals surface area contributed by atoms with E-state index in [4.69, 9.17) is 15.9 Å². The predicted octanol–water partition coefficient (Wildman–Crippen LogP) is 3.06. The van der Waals surface area contributed by atoms with Crippen LogP contribution in [-0.2, 0) is 0 Å². The Morgan fingerprint density at radius 3 is 2.83 bits per heavy atom. The van der Waals surface area contributed by atoms with Gasteiger partial charge in [-0.2, -0.15) is 0 Å². The summed E-state index contributed by atoms with van der Waals surface area (Å²) < 4.78 is 18.9. The lowest BCUT2D eigenvalue weighted by Crippen LogP contribution is -2.12. The quantitative estimate of drug-likeness (QED) is 0.676. The van der Waals surface area contributed by atoms with Crippen molar-refractivity contribution in [3.05, 3.63) is 52.4 Å². The van der Waals surface area contributed by atoms with Crippen molar-refractivity contribution < 1.29 is 9.13 Å². The molecule has 2 rings (SSSR count). The number of rotatable bonds is 3. The molecule has 0 radical (unpaired) electrons. The van der Waals surface area contributed by atoms with Gasteiger partial charge < -0.3 is 10.5 Å². The van der Waals surface area contributed by atoms with Gasteiger partial charge in [-0.25, -0.2) is 9.37 Å². The molecule has 0 atom stereocenters. The molecular formula is C12H9BrFN3O. The number of nitrogen functional groups attached to an aromatic ring is 1. The van der Waals surface area contributed by atoms with E-state index in [9.17, 15) is 4.39 Å². The van der Waals surface area contributed by atoms with Crippen LogP contribution in [0, 0.1) is 11.2 Å². The molecule has 0 spiro atoms. The Bertz CT molecular complexity index is 604. The Hall–Kier alpha value is -1.95. The summed E-state index contributed by atoms with van der Waals surface area (Å²) in [4.78, 5) is 4.00. The number of aromatic nitrogens is 1. The predicted molar refractivity (Wildman–Crippen MR) is 69.4 cm³/mol. The Morgan fingerprint density at radius 2 is 2.17 bits per heavy atom. The molecule has 0 aliphatic heterocycles. The molecule has 0 aliphatic rings. The fourth-order valence-electron chi connectivity index (χ4n) is 1.34. The molecule has 18 heavy (non-hydrogen) atoms. The fraction of sp³-hybridized carbons (Fsp3) is 0. The molecule has 1 heterocycles. The Labute approximate surface area is 111 Å². The number of hydrogen-bond acceptors (Lipinski definition) is 3. The van der Waals surface area contributed by atoms with Crippen molar-refractivity contribution in [1.29, 1.82) is 5.41 Å². The second-order valence-electron chi connectivity index (χ2n) is 3.45. The largest absolute Gasteiger partial charge is 0.437 e. The minimum Gasteiger partial charge on any atom is -0.437 e. The zero-order chi connectivity index (χ0) is 13.1. The van der Waals surface area contributed by atoms with Crippen molar-refractivity contribution in [3.63, 3.8) is 0 Å². The van der Waals surface area contributed by atoms with Crippen LogP contribution in [0.5, 0.6) is 11.6 Å². The third kappa shape index (κ3) is 2.65. The van der Waals surface area contributed by atoms with E-state index in [0.29, 0.717) is 15.8 Å². The summed E-state index contributed by atoms with van der Waals surface area (Å²) in [5, 5.41) is 7.42. The molecule has 0 fully saturated rings. The minimum absolute atomic E-state index is 0.142. The highest BCUT2D eigenvalue weighted by molar-refractivity contribution is 9.10. The topological polar surface area (TPSA) is 72.0 Å². The van der Waals surface area contributed by atoms with Gasteiger partial charge in [0.1, 0.15) is 17.4 Å². The van der Waals surface area contributed by atoms with Gasteiger partial charge in [-0.1, -0.05) is 0 Å². The van der Waals surface area contributed by atoms with Gasteiger partial charge in [0.05, 0.1) is 10.0 Å². The normalized spacial score (nSPS) is 10.1. The summed E-state index contributed by atoms with van der Waals surface area (Å²) in [7, 11) is 0. The van der Waals surface area contributed by atoms with Gasteiger partial charge in [0, 0.05) is 6.20 Å². The van der Waals surface area contributed by atoms with Gasteiger partial charge >= 0.3 is 0 Å². The number of ether oxygens (including phenoxy) is 1. The number of halogens is 2. The van der Waals surface area contributed by atoms with E-state index in [1.807, 2.05) is 0 Å². The lowest BCUT2D eigenvalue weighted by molar-refractivity contribution is 0.457. The first-order chi connectivity index (χ1) is 8.58. The molecule has 0 saturated carbocycles. The molecule has 92 valence electrons. The molecule has 3 N–H and O–H groups in total. The maximum absolute atomic E-state index is 12.9. The molecule has 6 heteroatoms. The first-order valence-electron chi connectivity index (χ1n) is 5.00. The summed E-state index contributed by atoms with van der Waals surface area (Å²) in [6, 6.07) is 7.31. The molecule has 1 aromatic heterocycles. The monoisotopic (exact) mass is 309 g/mol. The molecule has 4 nitrogen and oxygen atoms in total. The second kappa shape index (κ2) is 5.14. The van der Waals surface area contributed by atoms with Crippen LogP contribution in [-0.4, -0.2) is 10.8 Å². The van der Waals surface area contributed by atoms with E-state index in [2.05, 4.69) is 20.9 Å². The van der Waals surface area contributed by atoms with Crippen LogP contribution in [0.2, 0.25) is 0 Å². The molecule has 1 aromatic carbocycles. The standard InChI is InChI=1S/C12H9BrFN3O/c13-9-6-7(14)3-4-10(9)18-12-8(11(15)16)2-1-5-17-12/h1-6H,(H3,15,16). The van der Waals surface area contributed by atoms with E-state index >= 15 is 0 Å². The van der Waals surface area contributed by atoms with Crippen molar-refractivity contribution >= 4 is 21.8 Å². The zero-order valence-electron chi connectivity index (χ0n) is 9.15. The van der Waals surface area contributed by atoms with Gasteiger partial charge in [-0.15, -0.1) is 0 Å². The fourth-order valence-corrected chi connectivity index (χ4v) is 1.77. The number of nitrogens with zero attached hydrogens (tertiary/aromatic N) is 1. The van der Waals surface area contributed by atoms with E-state index in [-0.39, 0.29) is 17.5 Å². The van der Waals surface area contributed by atoms with Gasteiger partial charge in [-0.05, 0) is 46.3 Å². The average molecular weight is 310 g/mol. The van der Waals surface area contributed by atoms with E-state index in [1.54, 1.807) is 12.1 Å². The van der Waals surface area contributed by atoms with Gasteiger partial charge in [-0.3, -0.25) is 5.41 Å². The van der Waals surface area contributed by atoms with E-state index in [0.717, 1.165) is 0 Å². The van der Waals surface area contributed by atoms with Crippen molar-refractivity contribution in [1.82, 2.24) is 4.98 Å². The number of hydrogen-bond donors (Lipinski definition) is 2. The van der Waals surface area contributed by atoms with Gasteiger partial charge in [0.25, 0.3) is 0 Å². The highest BCUT2D eigenvalue weighted by Crippen LogP contribution is 2.30. The van der Waals surface area contributed by atoms with Crippen molar-refractivity contribution in [2.45, 2.75) is 0 Å². The molecule has 2 aromatic rings. The van der Waals surface area contributed by atoms with Crippen LogP contribution in [0.3, 0.4) is 0 Å². The van der Waals surface area contributed by atoms with Gasteiger partial charge in [0.2, 0.25) is 5.88 Å².